The lowest BCUT2D eigenvalue weighted by Gasteiger charge is -2.23. The minimum atomic E-state index is 0. The van der Waals surface area contributed by atoms with Crippen LogP contribution in [0.1, 0.15) is 318 Å². The molecule has 0 spiro atoms. The van der Waals surface area contributed by atoms with Crippen molar-refractivity contribution in [3.05, 3.63) is 0 Å². The maximum absolute atomic E-state index is 2.35. The second-order valence-electron chi connectivity index (χ2n) is 15.8. The van der Waals surface area contributed by atoms with Gasteiger partial charge in [-0.2, -0.15) is 0 Å². The Morgan fingerprint density at radius 3 is 0.673 bits per heavy atom. The molecule has 0 bridgehead atoms. The molecule has 0 fully saturated rings. The zero-order valence-electron chi connectivity index (χ0n) is 37.7. The summed E-state index contributed by atoms with van der Waals surface area (Å²) >= 11 is 0. The van der Waals surface area contributed by atoms with Gasteiger partial charge in [0.25, 0.3) is 0 Å². The summed E-state index contributed by atoms with van der Waals surface area (Å²) in [5, 5.41) is 0. The Morgan fingerprint density at radius 1 is 0.308 bits per heavy atom. The van der Waals surface area contributed by atoms with Crippen LogP contribution < -0.4 is 0 Å². The molecule has 0 saturated heterocycles. The molecule has 0 heterocycles. The van der Waals surface area contributed by atoms with Gasteiger partial charge in [0.1, 0.15) is 0 Å². The van der Waals surface area contributed by atoms with Crippen molar-refractivity contribution >= 4 is 0 Å². The van der Waals surface area contributed by atoms with E-state index in [0.717, 1.165) is 23.7 Å². The minimum Gasteiger partial charge on any atom is -0.0776 e. The van der Waals surface area contributed by atoms with Gasteiger partial charge < -0.3 is 0 Å². The van der Waals surface area contributed by atoms with Crippen molar-refractivity contribution in [1.82, 2.24) is 0 Å². The van der Waals surface area contributed by atoms with Crippen LogP contribution in [0.3, 0.4) is 0 Å². The average molecular weight is 756 g/mol. The van der Waals surface area contributed by atoms with E-state index < -0.39 is 0 Å². The molecule has 0 amide bonds. The van der Waals surface area contributed by atoms with Crippen molar-refractivity contribution in [1.29, 1.82) is 0 Å². The Bertz CT molecular complexity index is 388. The lowest BCUT2D eigenvalue weighted by Crippen LogP contribution is -2.10. The maximum atomic E-state index is 2.35. The van der Waals surface area contributed by atoms with Crippen molar-refractivity contribution in [3.63, 3.8) is 0 Å². The summed E-state index contributed by atoms with van der Waals surface area (Å²) in [7, 11) is 0. The van der Waals surface area contributed by atoms with Gasteiger partial charge in [0.2, 0.25) is 0 Å². The van der Waals surface area contributed by atoms with Crippen molar-refractivity contribution < 1.29 is 0 Å². The summed E-state index contributed by atoms with van der Waals surface area (Å²) in [6.07, 6.45) is 29.1. The van der Waals surface area contributed by atoms with Gasteiger partial charge >= 0.3 is 0 Å². The summed E-state index contributed by atoms with van der Waals surface area (Å²) in [4.78, 5) is 0. The molecular formula is C52H130. The van der Waals surface area contributed by atoms with Crippen LogP contribution in [0.15, 0.2) is 0 Å². The molecule has 0 aromatic carbocycles. The molecule has 0 saturated carbocycles. The molecular weight excluding hydrogens is 625 g/mol. The monoisotopic (exact) mass is 755 g/mol. The fraction of sp³-hybridized carbons (Fsp3) is 1.00. The first-order chi connectivity index (χ1) is 21.6. The van der Waals surface area contributed by atoms with Crippen LogP contribution in [0.5, 0.6) is 0 Å². The fourth-order valence-corrected chi connectivity index (χ4v) is 3.80. The van der Waals surface area contributed by atoms with E-state index in [-0.39, 0.29) is 44.6 Å². The summed E-state index contributed by atoms with van der Waals surface area (Å²) < 4.78 is 0. The molecule has 0 N–H and O–H groups in total. The topological polar surface area (TPSA) is 0 Å². The van der Waals surface area contributed by atoms with E-state index in [9.17, 15) is 0 Å². The van der Waals surface area contributed by atoms with Gasteiger partial charge in [-0.15, -0.1) is 0 Å². The first-order valence-electron chi connectivity index (χ1n) is 21.6. The van der Waals surface area contributed by atoms with Gasteiger partial charge in [0.15, 0.2) is 0 Å². The van der Waals surface area contributed by atoms with E-state index in [1.54, 1.807) is 0 Å². The third kappa shape index (κ3) is 143. The Kier molecular flexibility index (Phi) is 143. The summed E-state index contributed by atoms with van der Waals surface area (Å²) in [6.45, 7) is 44.8. The van der Waals surface area contributed by atoms with Crippen LogP contribution in [-0.2, 0) is 0 Å². The predicted octanol–water partition coefficient (Wildman–Crippen LogP) is 22.8. The van der Waals surface area contributed by atoms with E-state index in [2.05, 4.69) is 138 Å². The van der Waals surface area contributed by atoms with E-state index >= 15 is 0 Å². The molecule has 0 aliphatic carbocycles. The molecule has 0 rings (SSSR count). The largest absolute Gasteiger partial charge is 0.0776 e. The molecule has 0 atom stereocenters. The fourth-order valence-electron chi connectivity index (χ4n) is 3.80. The van der Waals surface area contributed by atoms with Gasteiger partial charge in [-0.25, -0.2) is 0 Å². The third-order valence-electron chi connectivity index (χ3n) is 8.26. The quantitative estimate of drug-likeness (QED) is 0.115. The Morgan fingerprint density at radius 2 is 0.538 bits per heavy atom. The van der Waals surface area contributed by atoms with Crippen LogP contribution in [0, 0.1) is 29.1 Å². The van der Waals surface area contributed by atoms with Crippen LogP contribution in [-0.4, -0.2) is 0 Å². The normalized spacial score (nSPS) is 9.00. The standard InChI is InChI=1S/C14H30.C8H18.C7H16.C6H14.C5H12.2C3H8.6CH4/c1-4-5-6-7-8-9-10-11-12-13-14(2)3;1-5-8(4,6-2)7-3;1-4-5-6-7(2)3;1-4-5-6(2)3;1-4-5(2)3;2*1-3-2;;;;;;/h14H,4-13H2,1-3H3;5-7H2,1-4H3;7H,4-6H2,1-3H3;6H,4-5H2,1-3H3;5H,4H2,1-3H3;2*3H2,1-2H3;6*1H4. The Hall–Kier alpha value is 0. The van der Waals surface area contributed by atoms with E-state index in [4.69, 9.17) is 0 Å². The second kappa shape index (κ2) is 83.8. The zero-order chi connectivity index (χ0) is 37.7. The third-order valence-corrected chi connectivity index (χ3v) is 8.26. The zero-order valence-corrected chi connectivity index (χ0v) is 37.7. The molecule has 0 aromatic rings. The first-order valence-corrected chi connectivity index (χ1v) is 21.6. The predicted molar refractivity (Wildman–Crippen MR) is 267 cm³/mol. The highest BCUT2D eigenvalue weighted by atomic mass is 14.2. The van der Waals surface area contributed by atoms with E-state index in [1.807, 2.05) is 0 Å². The average Bonchev–Trinajstić information content (AvgIpc) is 3.00. The van der Waals surface area contributed by atoms with Gasteiger partial charge in [-0.05, 0) is 29.1 Å². The Balaban J connectivity index is -0.0000000323. The summed E-state index contributed by atoms with van der Waals surface area (Å²) in [5.74, 6) is 3.59. The smallest absolute Gasteiger partial charge is 0.0334 e. The van der Waals surface area contributed by atoms with Crippen LogP contribution in [0.25, 0.3) is 0 Å². The summed E-state index contributed by atoms with van der Waals surface area (Å²) in [6, 6.07) is 0. The molecule has 0 heteroatoms. The van der Waals surface area contributed by atoms with E-state index in [0.29, 0.717) is 5.41 Å². The van der Waals surface area contributed by atoms with Crippen molar-refractivity contribution in [2.45, 2.75) is 318 Å². The van der Waals surface area contributed by atoms with Gasteiger partial charge in [-0.3, -0.25) is 0 Å². The molecule has 0 aromatic heterocycles. The summed E-state index contributed by atoms with van der Waals surface area (Å²) in [5.41, 5.74) is 0.625. The number of hydrogen-bond acceptors (Lipinski definition) is 0. The van der Waals surface area contributed by atoms with E-state index in [1.165, 1.54) is 135 Å². The molecule has 0 aliphatic rings. The molecule has 0 radical (unpaired) electrons. The van der Waals surface area contributed by atoms with Crippen LogP contribution >= 0.6 is 0 Å². The van der Waals surface area contributed by atoms with Crippen LogP contribution in [0.2, 0.25) is 0 Å². The van der Waals surface area contributed by atoms with Gasteiger partial charge in [0, 0.05) is 0 Å². The molecule has 0 unspecified atom stereocenters. The maximum Gasteiger partial charge on any atom is -0.0334 e. The van der Waals surface area contributed by atoms with Crippen LogP contribution in [0.4, 0.5) is 0 Å². The van der Waals surface area contributed by atoms with Crippen molar-refractivity contribution in [2.24, 2.45) is 29.1 Å². The lowest BCUT2D eigenvalue weighted by molar-refractivity contribution is 0.286. The van der Waals surface area contributed by atoms with Gasteiger partial charge in [0.05, 0.1) is 0 Å². The number of rotatable bonds is 19. The minimum absolute atomic E-state index is 0. The van der Waals surface area contributed by atoms with Gasteiger partial charge in [-0.1, -0.05) is 318 Å². The highest BCUT2D eigenvalue weighted by Gasteiger charge is 2.15. The van der Waals surface area contributed by atoms with Crippen molar-refractivity contribution in [3.8, 4) is 0 Å². The SMILES string of the molecule is C.C.C.C.C.C.CCC.CCC.CCC(C)(CC)CC.CCC(C)C.CCCC(C)C.CCCCC(C)C.CCCCCCCCCCCC(C)C. The Labute approximate surface area is 345 Å². The lowest BCUT2D eigenvalue weighted by atomic mass is 9.82. The first kappa shape index (κ1) is 88.9. The molecule has 52 heavy (non-hydrogen) atoms. The number of unbranched alkanes of at least 4 members (excludes halogenated alkanes) is 9. The highest BCUT2D eigenvalue weighted by molar-refractivity contribution is 4.67. The molecule has 0 aliphatic heterocycles. The molecule has 0 nitrogen and oxygen atoms in total. The second-order valence-corrected chi connectivity index (χ2v) is 15.8. The number of hydrogen-bond donors (Lipinski definition) is 0. The highest BCUT2D eigenvalue weighted by Crippen LogP contribution is 2.28. The van der Waals surface area contributed by atoms with Crippen molar-refractivity contribution in [2.75, 3.05) is 0 Å². The molecule has 338 valence electrons.